The highest BCUT2D eigenvalue weighted by atomic mass is 16.5. The molecule has 29 heavy (non-hydrogen) atoms. The van der Waals surface area contributed by atoms with Gasteiger partial charge in [0.25, 0.3) is 5.89 Å². The number of nitrogens with zero attached hydrogens (tertiary/aromatic N) is 4. The summed E-state index contributed by atoms with van der Waals surface area (Å²) in [6.07, 6.45) is 0. The van der Waals surface area contributed by atoms with E-state index in [4.69, 9.17) is 14.0 Å². The molecule has 8 heteroatoms. The highest BCUT2D eigenvalue weighted by molar-refractivity contribution is 5.66. The van der Waals surface area contributed by atoms with E-state index in [1.165, 1.54) is 0 Å². The van der Waals surface area contributed by atoms with Gasteiger partial charge in [-0.2, -0.15) is 4.98 Å². The molecule has 0 unspecified atom stereocenters. The molecular weight excluding hydrogens is 370 g/mol. The maximum Gasteiger partial charge on any atom is 0.278 e. The van der Waals surface area contributed by atoms with Crippen LogP contribution in [0.2, 0.25) is 0 Å². The molecule has 0 amide bonds. The average molecular weight is 389 g/mol. The second kappa shape index (κ2) is 7.97. The lowest BCUT2D eigenvalue weighted by atomic mass is 10.2. The van der Waals surface area contributed by atoms with Crippen LogP contribution in [0.5, 0.6) is 11.5 Å². The summed E-state index contributed by atoms with van der Waals surface area (Å²) in [6.45, 7) is 2.01. The first-order chi connectivity index (χ1) is 14.2. The Labute approximate surface area is 167 Å². The molecule has 2 aromatic heterocycles. The molecule has 146 valence electrons. The zero-order chi connectivity index (χ0) is 20.2. The van der Waals surface area contributed by atoms with Crippen molar-refractivity contribution >= 4 is 11.5 Å². The lowest BCUT2D eigenvalue weighted by molar-refractivity contribution is 0.414. The molecule has 0 aliphatic carbocycles. The van der Waals surface area contributed by atoms with Crippen molar-refractivity contribution in [1.82, 2.24) is 20.3 Å². The third-order valence-corrected chi connectivity index (χ3v) is 4.28. The molecule has 4 aromatic rings. The Morgan fingerprint density at radius 2 is 1.72 bits per heavy atom. The molecular formula is C21H19N5O3. The van der Waals surface area contributed by atoms with Crippen LogP contribution in [0, 0.1) is 6.92 Å². The number of aryl methyl sites for hydroxylation is 1. The fraction of sp³-hybridized carbons (Fsp3) is 0.143. The van der Waals surface area contributed by atoms with E-state index in [-0.39, 0.29) is 0 Å². The molecule has 1 N–H and O–H groups in total. The highest BCUT2D eigenvalue weighted by Crippen LogP contribution is 2.28. The SMILES string of the molecule is COc1ccc(-c2noc(-c3ccc(Nc4cc(C)ccc4OC)nn3)n2)cc1. The van der Waals surface area contributed by atoms with E-state index in [9.17, 15) is 0 Å². The number of rotatable bonds is 6. The van der Waals surface area contributed by atoms with Gasteiger partial charge >= 0.3 is 0 Å². The summed E-state index contributed by atoms with van der Waals surface area (Å²) in [4.78, 5) is 4.40. The standard InChI is InChI=1S/C21H19N5O3/c1-13-4-10-18(28-3)17(12-13)22-19-11-9-16(24-25-19)21-23-20(26-29-21)14-5-7-15(27-2)8-6-14/h4-12H,1-3H3,(H,22,25). The van der Waals surface area contributed by atoms with Gasteiger partial charge in [-0.3, -0.25) is 0 Å². The van der Waals surface area contributed by atoms with Crippen molar-refractivity contribution in [2.75, 3.05) is 19.5 Å². The van der Waals surface area contributed by atoms with E-state index in [0.717, 1.165) is 28.3 Å². The molecule has 2 heterocycles. The van der Waals surface area contributed by atoms with Crippen molar-refractivity contribution in [3.05, 3.63) is 60.2 Å². The minimum absolute atomic E-state index is 0.294. The quantitative estimate of drug-likeness (QED) is 0.523. The van der Waals surface area contributed by atoms with Gasteiger partial charge in [-0.15, -0.1) is 10.2 Å². The predicted molar refractivity (Wildman–Crippen MR) is 108 cm³/mol. The molecule has 0 spiro atoms. The summed E-state index contributed by atoms with van der Waals surface area (Å²) in [5.74, 6) is 2.82. The van der Waals surface area contributed by atoms with Crippen LogP contribution in [0.1, 0.15) is 5.56 Å². The van der Waals surface area contributed by atoms with Crippen LogP contribution >= 0.6 is 0 Å². The van der Waals surface area contributed by atoms with Gasteiger partial charge in [0.15, 0.2) is 11.5 Å². The number of benzene rings is 2. The number of ether oxygens (including phenoxy) is 2. The lowest BCUT2D eigenvalue weighted by Gasteiger charge is -2.10. The molecule has 8 nitrogen and oxygen atoms in total. The van der Waals surface area contributed by atoms with Gasteiger partial charge < -0.3 is 19.3 Å². The summed E-state index contributed by atoms with van der Waals surface area (Å²) in [7, 11) is 3.24. The summed E-state index contributed by atoms with van der Waals surface area (Å²) in [5.41, 5.74) is 3.22. The summed E-state index contributed by atoms with van der Waals surface area (Å²) in [6, 6.07) is 16.8. The molecule has 0 bridgehead atoms. The summed E-state index contributed by atoms with van der Waals surface area (Å²) < 4.78 is 15.9. The third-order valence-electron chi connectivity index (χ3n) is 4.28. The number of anilines is 2. The molecule has 0 radical (unpaired) electrons. The largest absolute Gasteiger partial charge is 0.497 e. The van der Waals surface area contributed by atoms with Gasteiger partial charge in [0, 0.05) is 5.56 Å². The first kappa shape index (κ1) is 18.4. The highest BCUT2D eigenvalue weighted by Gasteiger charge is 2.13. The molecule has 4 rings (SSSR count). The number of hydrogen-bond donors (Lipinski definition) is 1. The van der Waals surface area contributed by atoms with E-state index >= 15 is 0 Å². The van der Waals surface area contributed by atoms with E-state index < -0.39 is 0 Å². The molecule has 0 atom stereocenters. The van der Waals surface area contributed by atoms with Gasteiger partial charge in [0.1, 0.15) is 11.5 Å². The Morgan fingerprint density at radius 3 is 2.41 bits per heavy atom. The zero-order valence-electron chi connectivity index (χ0n) is 16.2. The Bertz CT molecular complexity index is 1110. The second-order valence-electron chi connectivity index (χ2n) is 6.28. The van der Waals surface area contributed by atoms with Crippen LogP contribution in [0.25, 0.3) is 23.0 Å². The van der Waals surface area contributed by atoms with Crippen molar-refractivity contribution in [2.45, 2.75) is 6.92 Å². The molecule has 2 aromatic carbocycles. The van der Waals surface area contributed by atoms with Gasteiger partial charge in [-0.05, 0) is 61.0 Å². The minimum atomic E-state index is 0.294. The van der Waals surface area contributed by atoms with Crippen LogP contribution in [-0.2, 0) is 0 Å². The molecule has 0 saturated carbocycles. The Hall–Kier alpha value is -3.94. The van der Waals surface area contributed by atoms with Gasteiger partial charge in [-0.1, -0.05) is 11.2 Å². The van der Waals surface area contributed by atoms with Crippen molar-refractivity contribution < 1.29 is 14.0 Å². The monoisotopic (exact) mass is 389 g/mol. The van der Waals surface area contributed by atoms with Crippen LogP contribution in [0.3, 0.4) is 0 Å². The van der Waals surface area contributed by atoms with E-state index in [1.54, 1.807) is 26.4 Å². The first-order valence-electron chi connectivity index (χ1n) is 8.90. The fourth-order valence-corrected chi connectivity index (χ4v) is 2.76. The van der Waals surface area contributed by atoms with Crippen molar-refractivity contribution in [3.63, 3.8) is 0 Å². The maximum atomic E-state index is 5.37. The number of hydrogen-bond acceptors (Lipinski definition) is 8. The van der Waals surface area contributed by atoms with Crippen molar-refractivity contribution in [2.24, 2.45) is 0 Å². The number of methoxy groups -OCH3 is 2. The molecule has 0 fully saturated rings. The minimum Gasteiger partial charge on any atom is -0.497 e. The molecule has 0 aliphatic rings. The van der Waals surface area contributed by atoms with Crippen molar-refractivity contribution in [3.8, 4) is 34.5 Å². The summed E-state index contributed by atoms with van der Waals surface area (Å²) >= 11 is 0. The topological polar surface area (TPSA) is 95.2 Å². The maximum absolute atomic E-state index is 5.37. The van der Waals surface area contributed by atoms with Crippen LogP contribution in [0.4, 0.5) is 11.5 Å². The van der Waals surface area contributed by atoms with Crippen LogP contribution in [-0.4, -0.2) is 34.6 Å². The van der Waals surface area contributed by atoms with Gasteiger partial charge in [0.05, 0.1) is 19.9 Å². The van der Waals surface area contributed by atoms with Gasteiger partial charge in [0.2, 0.25) is 5.82 Å². The lowest BCUT2D eigenvalue weighted by Crippen LogP contribution is -1.99. The zero-order valence-corrected chi connectivity index (χ0v) is 16.2. The Kier molecular flexibility index (Phi) is 5.07. The number of nitrogens with one attached hydrogen (secondary N) is 1. The van der Waals surface area contributed by atoms with Gasteiger partial charge in [-0.25, -0.2) is 0 Å². The molecule has 0 aliphatic heterocycles. The van der Waals surface area contributed by atoms with E-state index in [2.05, 4.69) is 25.7 Å². The first-order valence-corrected chi connectivity index (χ1v) is 8.90. The number of aromatic nitrogens is 4. The molecule has 0 saturated heterocycles. The average Bonchev–Trinajstić information content (AvgIpc) is 3.25. The van der Waals surface area contributed by atoms with Crippen LogP contribution < -0.4 is 14.8 Å². The Morgan fingerprint density at radius 1 is 0.897 bits per heavy atom. The third kappa shape index (κ3) is 4.01. The normalized spacial score (nSPS) is 10.6. The summed E-state index contributed by atoms with van der Waals surface area (Å²) in [5, 5.41) is 15.6. The van der Waals surface area contributed by atoms with E-state index in [1.807, 2.05) is 49.4 Å². The second-order valence-corrected chi connectivity index (χ2v) is 6.28. The predicted octanol–water partition coefficient (Wildman–Crippen LogP) is 4.26. The van der Waals surface area contributed by atoms with Crippen LogP contribution in [0.15, 0.2) is 59.1 Å². The van der Waals surface area contributed by atoms with E-state index in [0.29, 0.717) is 23.2 Å². The fourth-order valence-electron chi connectivity index (χ4n) is 2.76. The Balaban J connectivity index is 1.52. The van der Waals surface area contributed by atoms with Crippen molar-refractivity contribution in [1.29, 1.82) is 0 Å². The smallest absolute Gasteiger partial charge is 0.278 e.